The van der Waals surface area contributed by atoms with Crippen LogP contribution in [0.2, 0.25) is 0 Å². The highest BCUT2D eigenvalue weighted by Crippen LogP contribution is 2.19. The van der Waals surface area contributed by atoms with Crippen molar-refractivity contribution in [2.24, 2.45) is 0 Å². The van der Waals surface area contributed by atoms with Gasteiger partial charge in [-0.25, -0.2) is 14.4 Å². The van der Waals surface area contributed by atoms with Crippen molar-refractivity contribution in [2.75, 3.05) is 0 Å². The summed E-state index contributed by atoms with van der Waals surface area (Å²) in [5.41, 5.74) is 1.31. The average molecular weight is 392 g/mol. The third-order valence-electron chi connectivity index (χ3n) is 4.25. The second-order valence-corrected chi connectivity index (χ2v) is 6.21. The summed E-state index contributed by atoms with van der Waals surface area (Å²) in [6, 6.07) is 9.80. The second-order valence-electron chi connectivity index (χ2n) is 6.21. The standard InChI is InChI=1S/C20H17FN6O2/c1-2-17-25-20(29-26-17)13-7-8-22-18(9-13)27-11-16(24-12-27)19(28)23-10-14-5-3-4-6-15(14)21/h3-9,11-12H,2,10H2,1H3,(H,23,28). The molecule has 0 saturated heterocycles. The van der Waals surface area contributed by atoms with Crippen LogP contribution in [0.5, 0.6) is 0 Å². The topological polar surface area (TPSA) is 98.7 Å². The van der Waals surface area contributed by atoms with Gasteiger partial charge in [0.15, 0.2) is 5.82 Å². The van der Waals surface area contributed by atoms with Crippen LogP contribution in [0.3, 0.4) is 0 Å². The Morgan fingerprint density at radius 3 is 2.90 bits per heavy atom. The third kappa shape index (κ3) is 4.03. The highest BCUT2D eigenvalue weighted by atomic mass is 19.1. The molecule has 3 aromatic heterocycles. The Balaban J connectivity index is 1.49. The number of rotatable bonds is 6. The van der Waals surface area contributed by atoms with Gasteiger partial charge in [0, 0.05) is 36.5 Å². The van der Waals surface area contributed by atoms with Gasteiger partial charge in [-0.1, -0.05) is 30.3 Å². The summed E-state index contributed by atoms with van der Waals surface area (Å²) >= 11 is 0. The van der Waals surface area contributed by atoms with Crippen LogP contribution < -0.4 is 5.32 Å². The van der Waals surface area contributed by atoms with Gasteiger partial charge in [-0.2, -0.15) is 4.98 Å². The van der Waals surface area contributed by atoms with Crippen molar-refractivity contribution < 1.29 is 13.7 Å². The molecule has 0 bridgehead atoms. The highest BCUT2D eigenvalue weighted by Gasteiger charge is 2.13. The Kier molecular flexibility index (Phi) is 5.10. The Labute approximate surface area is 165 Å². The molecule has 0 spiro atoms. The van der Waals surface area contributed by atoms with Gasteiger partial charge in [-0.05, 0) is 18.2 Å². The van der Waals surface area contributed by atoms with E-state index in [4.69, 9.17) is 4.52 Å². The normalized spacial score (nSPS) is 10.8. The predicted octanol–water partition coefficient (Wildman–Crippen LogP) is 2.95. The molecule has 0 saturated carbocycles. The second kappa shape index (κ2) is 8.01. The lowest BCUT2D eigenvalue weighted by Crippen LogP contribution is -2.23. The number of amides is 1. The molecule has 0 aliphatic carbocycles. The SMILES string of the molecule is CCc1noc(-c2ccnc(-n3cnc(C(=O)NCc4ccccc4F)c3)c2)n1. The number of carbonyl (C=O) groups excluding carboxylic acids is 1. The summed E-state index contributed by atoms with van der Waals surface area (Å²) in [4.78, 5) is 25.0. The van der Waals surface area contributed by atoms with Gasteiger partial charge in [-0.3, -0.25) is 9.36 Å². The van der Waals surface area contributed by atoms with Gasteiger partial charge in [0.1, 0.15) is 23.7 Å². The van der Waals surface area contributed by atoms with Crippen LogP contribution in [0.1, 0.15) is 28.8 Å². The molecular formula is C20H17FN6O2. The summed E-state index contributed by atoms with van der Waals surface area (Å²) < 4.78 is 20.5. The molecule has 4 rings (SSSR count). The van der Waals surface area contributed by atoms with Crippen molar-refractivity contribution in [1.82, 2.24) is 30.0 Å². The van der Waals surface area contributed by atoms with Crippen molar-refractivity contribution in [3.05, 3.63) is 78.0 Å². The van der Waals surface area contributed by atoms with E-state index in [1.54, 1.807) is 47.3 Å². The van der Waals surface area contributed by atoms with Gasteiger partial charge in [0.25, 0.3) is 11.8 Å². The van der Waals surface area contributed by atoms with Crippen molar-refractivity contribution in [1.29, 1.82) is 0 Å². The summed E-state index contributed by atoms with van der Waals surface area (Å²) in [7, 11) is 0. The zero-order valence-corrected chi connectivity index (χ0v) is 15.5. The summed E-state index contributed by atoms with van der Waals surface area (Å²) in [5.74, 6) is 0.780. The Morgan fingerprint density at radius 1 is 1.24 bits per heavy atom. The molecular weight excluding hydrogens is 375 g/mol. The van der Waals surface area contributed by atoms with Crippen LogP contribution in [0.4, 0.5) is 4.39 Å². The minimum absolute atomic E-state index is 0.0724. The molecule has 3 heterocycles. The molecule has 0 aliphatic heterocycles. The lowest BCUT2D eigenvalue weighted by atomic mass is 10.2. The molecule has 146 valence electrons. The first-order chi connectivity index (χ1) is 14.1. The number of imidazole rings is 1. The molecule has 1 aromatic carbocycles. The van der Waals surface area contributed by atoms with E-state index in [0.29, 0.717) is 35.1 Å². The molecule has 0 fully saturated rings. The molecule has 0 unspecified atom stereocenters. The van der Waals surface area contributed by atoms with Gasteiger partial charge < -0.3 is 9.84 Å². The molecule has 1 amide bonds. The predicted molar refractivity (Wildman–Crippen MR) is 102 cm³/mol. The molecule has 0 aliphatic rings. The molecule has 1 N–H and O–H groups in total. The highest BCUT2D eigenvalue weighted by molar-refractivity contribution is 5.92. The average Bonchev–Trinajstić information content (AvgIpc) is 3.43. The van der Waals surface area contributed by atoms with E-state index in [0.717, 1.165) is 0 Å². The third-order valence-corrected chi connectivity index (χ3v) is 4.25. The fraction of sp³-hybridized carbons (Fsp3) is 0.150. The van der Waals surface area contributed by atoms with E-state index in [9.17, 15) is 9.18 Å². The van der Waals surface area contributed by atoms with Gasteiger partial charge in [0.05, 0.1) is 0 Å². The number of aromatic nitrogens is 5. The molecule has 0 radical (unpaired) electrons. The molecule has 29 heavy (non-hydrogen) atoms. The summed E-state index contributed by atoms with van der Waals surface area (Å²) in [6.07, 6.45) is 5.32. The monoisotopic (exact) mass is 392 g/mol. The van der Waals surface area contributed by atoms with E-state index < -0.39 is 5.91 Å². The van der Waals surface area contributed by atoms with Crippen LogP contribution >= 0.6 is 0 Å². The fourth-order valence-corrected chi connectivity index (χ4v) is 2.68. The quantitative estimate of drug-likeness (QED) is 0.542. The fourth-order valence-electron chi connectivity index (χ4n) is 2.68. The maximum Gasteiger partial charge on any atom is 0.271 e. The number of hydrogen-bond acceptors (Lipinski definition) is 6. The number of carbonyl (C=O) groups is 1. The zero-order valence-electron chi connectivity index (χ0n) is 15.5. The van der Waals surface area contributed by atoms with Crippen molar-refractivity contribution in [2.45, 2.75) is 19.9 Å². The minimum atomic E-state index is -0.410. The number of nitrogens with one attached hydrogen (secondary N) is 1. The molecule has 0 atom stereocenters. The molecule has 8 nitrogen and oxygen atoms in total. The first-order valence-corrected chi connectivity index (χ1v) is 8.99. The van der Waals surface area contributed by atoms with E-state index in [-0.39, 0.29) is 18.1 Å². The smallest absolute Gasteiger partial charge is 0.271 e. The first-order valence-electron chi connectivity index (χ1n) is 8.99. The van der Waals surface area contributed by atoms with Crippen LogP contribution in [-0.2, 0) is 13.0 Å². The number of aryl methyl sites for hydroxylation is 1. The van der Waals surface area contributed by atoms with Crippen LogP contribution in [0.25, 0.3) is 17.3 Å². The summed E-state index contributed by atoms with van der Waals surface area (Å²) in [6.45, 7) is 2.01. The van der Waals surface area contributed by atoms with Crippen LogP contribution in [-0.4, -0.2) is 30.6 Å². The zero-order chi connectivity index (χ0) is 20.2. The first kappa shape index (κ1) is 18.5. The minimum Gasteiger partial charge on any atom is -0.346 e. The van der Waals surface area contributed by atoms with Gasteiger partial charge >= 0.3 is 0 Å². The summed E-state index contributed by atoms with van der Waals surface area (Å²) in [5, 5.41) is 6.55. The van der Waals surface area contributed by atoms with E-state index in [1.165, 1.54) is 12.4 Å². The number of pyridine rings is 1. The number of benzene rings is 1. The molecule has 9 heteroatoms. The Morgan fingerprint density at radius 2 is 2.10 bits per heavy atom. The van der Waals surface area contributed by atoms with E-state index >= 15 is 0 Å². The van der Waals surface area contributed by atoms with Crippen LogP contribution in [0.15, 0.2) is 59.6 Å². The maximum absolute atomic E-state index is 13.7. The van der Waals surface area contributed by atoms with Gasteiger partial charge in [-0.15, -0.1) is 0 Å². The lowest BCUT2D eigenvalue weighted by molar-refractivity contribution is 0.0946. The maximum atomic E-state index is 13.7. The van der Waals surface area contributed by atoms with Crippen LogP contribution in [0, 0.1) is 5.82 Å². The van der Waals surface area contributed by atoms with Crippen molar-refractivity contribution in [3.8, 4) is 17.3 Å². The number of halogens is 1. The van der Waals surface area contributed by atoms with Crippen molar-refractivity contribution in [3.63, 3.8) is 0 Å². The lowest BCUT2D eigenvalue weighted by Gasteiger charge is -2.04. The number of hydrogen-bond donors (Lipinski definition) is 1. The Hall–Kier alpha value is -3.88. The van der Waals surface area contributed by atoms with Gasteiger partial charge in [0.2, 0.25) is 0 Å². The number of nitrogens with zero attached hydrogens (tertiary/aromatic N) is 5. The largest absolute Gasteiger partial charge is 0.346 e. The van der Waals surface area contributed by atoms with E-state index in [1.807, 2.05) is 6.92 Å². The van der Waals surface area contributed by atoms with E-state index in [2.05, 4.69) is 25.4 Å². The Bertz CT molecular complexity index is 1150. The van der Waals surface area contributed by atoms with Crippen molar-refractivity contribution >= 4 is 5.91 Å². The molecule has 4 aromatic rings.